The molecule has 0 aliphatic carbocycles. The van der Waals surface area contributed by atoms with E-state index >= 15 is 0 Å². The van der Waals surface area contributed by atoms with Crippen LogP contribution in [0.5, 0.6) is 11.5 Å². The topological polar surface area (TPSA) is 18.5 Å². The summed E-state index contributed by atoms with van der Waals surface area (Å²) in [6.07, 6.45) is 6.08. The van der Waals surface area contributed by atoms with Gasteiger partial charge in [-0.2, -0.15) is 0 Å². The van der Waals surface area contributed by atoms with E-state index < -0.39 is 0 Å². The second-order valence-electron chi connectivity index (χ2n) is 2.81. The Hall–Kier alpha value is -1.62. The van der Waals surface area contributed by atoms with Gasteiger partial charge < -0.3 is 9.47 Å². The molecule has 0 atom stereocenters. The number of benzene rings is 1. The Morgan fingerprint density at radius 2 is 1.71 bits per heavy atom. The maximum atomic E-state index is 5.42. The van der Waals surface area contributed by atoms with Crippen LogP contribution in [0.1, 0.15) is 13.3 Å². The third-order valence-corrected chi connectivity index (χ3v) is 1.62. The zero-order valence-corrected chi connectivity index (χ0v) is 8.32. The zero-order valence-electron chi connectivity index (χ0n) is 8.32. The molecule has 1 aromatic carbocycles. The summed E-state index contributed by atoms with van der Waals surface area (Å²) in [6.45, 7) is 3.12. The van der Waals surface area contributed by atoms with E-state index in [0.717, 1.165) is 24.5 Å². The average molecular weight is 190 g/mol. The highest BCUT2D eigenvalue weighted by molar-refractivity contribution is 5.31. The quantitative estimate of drug-likeness (QED) is 0.664. The second-order valence-corrected chi connectivity index (χ2v) is 2.81. The summed E-state index contributed by atoms with van der Waals surface area (Å²) in [5, 5.41) is 0. The monoisotopic (exact) mass is 190 g/mol. The van der Waals surface area contributed by atoms with Crippen LogP contribution in [0.3, 0.4) is 0 Å². The van der Waals surface area contributed by atoms with Crippen molar-refractivity contribution in [3.05, 3.63) is 24.3 Å². The van der Waals surface area contributed by atoms with Crippen LogP contribution in [0.4, 0.5) is 0 Å². The van der Waals surface area contributed by atoms with Gasteiger partial charge in [-0.25, -0.2) is 0 Å². The van der Waals surface area contributed by atoms with Crippen LogP contribution in [0.15, 0.2) is 24.3 Å². The Bertz CT molecular complexity index is 295. The van der Waals surface area contributed by atoms with Gasteiger partial charge in [-0.05, 0) is 30.7 Å². The normalized spacial score (nSPS) is 9.14. The Kier molecular flexibility index (Phi) is 4.43. The van der Waals surface area contributed by atoms with Crippen molar-refractivity contribution >= 4 is 0 Å². The highest BCUT2D eigenvalue weighted by Gasteiger charge is 1.94. The van der Waals surface area contributed by atoms with Gasteiger partial charge in [0.25, 0.3) is 0 Å². The minimum atomic E-state index is 0.301. The maximum Gasteiger partial charge on any atom is 0.148 e. The molecule has 0 saturated heterocycles. The van der Waals surface area contributed by atoms with Crippen molar-refractivity contribution in [1.29, 1.82) is 0 Å². The predicted octanol–water partition coefficient (Wildman–Crippen LogP) is 2.49. The molecule has 0 aromatic heterocycles. The summed E-state index contributed by atoms with van der Waals surface area (Å²) < 4.78 is 10.6. The molecule has 1 aromatic rings. The molecule has 2 heteroatoms. The zero-order chi connectivity index (χ0) is 10.2. The van der Waals surface area contributed by atoms with Crippen LogP contribution in [-0.4, -0.2) is 13.2 Å². The van der Waals surface area contributed by atoms with Gasteiger partial charge >= 0.3 is 0 Å². The molecule has 74 valence electrons. The van der Waals surface area contributed by atoms with E-state index in [0.29, 0.717) is 6.61 Å². The van der Waals surface area contributed by atoms with E-state index in [1.54, 1.807) is 0 Å². The molecule has 0 heterocycles. The SMILES string of the molecule is C#CCOc1ccc(OCCC)cc1. The van der Waals surface area contributed by atoms with Crippen molar-refractivity contribution in [2.45, 2.75) is 13.3 Å². The molecule has 2 nitrogen and oxygen atoms in total. The Morgan fingerprint density at radius 3 is 2.21 bits per heavy atom. The lowest BCUT2D eigenvalue weighted by Gasteiger charge is -2.05. The van der Waals surface area contributed by atoms with Gasteiger partial charge in [-0.15, -0.1) is 6.42 Å². The fourth-order valence-corrected chi connectivity index (χ4v) is 0.977. The van der Waals surface area contributed by atoms with E-state index in [9.17, 15) is 0 Å². The summed E-state index contributed by atoms with van der Waals surface area (Å²) in [4.78, 5) is 0. The summed E-state index contributed by atoms with van der Waals surface area (Å²) in [5.74, 6) is 4.04. The lowest BCUT2D eigenvalue weighted by Crippen LogP contribution is -1.96. The van der Waals surface area contributed by atoms with Gasteiger partial charge in [-0.3, -0.25) is 0 Å². The van der Waals surface area contributed by atoms with Crippen molar-refractivity contribution in [2.75, 3.05) is 13.2 Å². The van der Waals surface area contributed by atoms with Crippen LogP contribution in [-0.2, 0) is 0 Å². The average Bonchev–Trinajstić information content (AvgIpc) is 2.25. The van der Waals surface area contributed by atoms with E-state index in [1.807, 2.05) is 24.3 Å². The summed E-state index contributed by atoms with van der Waals surface area (Å²) in [7, 11) is 0. The third kappa shape index (κ3) is 3.40. The molecule has 0 saturated carbocycles. The molecule has 1 rings (SSSR count). The highest BCUT2D eigenvalue weighted by Crippen LogP contribution is 2.17. The van der Waals surface area contributed by atoms with Crippen molar-refractivity contribution in [3.63, 3.8) is 0 Å². The van der Waals surface area contributed by atoms with Gasteiger partial charge in [0.05, 0.1) is 6.61 Å². The van der Waals surface area contributed by atoms with E-state index in [1.165, 1.54) is 0 Å². The number of rotatable bonds is 5. The molecule has 0 spiro atoms. The maximum absolute atomic E-state index is 5.42. The standard InChI is InChI=1S/C12H14O2/c1-3-9-13-11-5-7-12(8-6-11)14-10-4-2/h1,5-8H,4,9-10H2,2H3. The van der Waals surface area contributed by atoms with E-state index in [2.05, 4.69) is 12.8 Å². The van der Waals surface area contributed by atoms with Crippen LogP contribution in [0.25, 0.3) is 0 Å². The first-order chi connectivity index (χ1) is 6.86. The summed E-state index contributed by atoms with van der Waals surface area (Å²) in [5.41, 5.74) is 0. The molecular formula is C12H14O2. The van der Waals surface area contributed by atoms with E-state index in [4.69, 9.17) is 15.9 Å². The van der Waals surface area contributed by atoms with Gasteiger partial charge in [-0.1, -0.05) is 12.8 Å². The first-order valence-electron chi connectivity index (χ1n) is 4.66. The Labute approximate surface area is 84.8 Å². The molecule has 0 unspecified atom stereocenters. The molecule has 0 radical (unpaired) electrons. The number of hydrogen-bond donors (Lipinski definition) is 0. The van der Waals surface area contributed by atoms with Crippen molar-refractivity contribution < 1.29 is 9.47 Å². The summed E-state index contributed by atoms with van der Waals surface area (Å²) in [6, 6.07) is 7.45. The number of terminal acetylenes is 1. The molecule has 0 N–H and O–H groups in total. The van der Waals surface area contributed by atoms with Crippen LogP contribution in [0, 0.1) is 12.3 Å². The minimum Gasteiger partial charge on any atom is -0.494 e. The first kappa shape index (κ1) is 10.5. The summed E-state index contributed by atoms with van der Waals surface area (Å²) >= 11 is 0. The number of ether oxygens (including phenoxy) is 2. The molecule has 14 heavy (non-hydrogen) atoms. The molecular weight excluding hydrogens is 176 g/mol. The van der Waals surface area contributed by atoms with Gasteiger partial charge in [0, 0.05) is 0 Å². The lowest BCUT2D eigenvalue weighted by molar-refractivity contribution is 0.316. The molecule has 0 bridgehead atoms. The van der Waals surface area contributed by atoms with Crippen LogP contribution >= 0.6 is 0 Å². The Balaban J connectivity index is 2.47. The lowest BCUT2D eigenvalue weighted by atomic mass is 10.3. The van der Waals surface area contributed by atoms with Crippen LogP contribution in [0.2, 0.25) is 0 Å². The smallest absolute Gasteiger partial charge is 0.148 e. The van der Waals surface area contributed by atoms with Gasteiger partial charge in [0.15, 0.2) is 0 Å². The first-order valence-corrected chi connectivity index (χ1v) is 4.66. The minimum absolute atomic E-state index is 0.301. The largest absolute Gasteiger partial charge is 0.494 e. The molecule has 0 fully saturated rings. The molecule has 0 amide bonds. The van der Waals surface area contributed by atoms with E-state index in [-0.39, 0.29) is 0 Å². The fraction of sp³-hybridized carbons (Fsp3) is 0.333. The van der Waals surface area contributed by atoms with Gasteiger partial charge in [0.1, 0.15) is 18.1 Å². The highest BCUT2D eigenvalue weighted by atomic mass is 16.5. The van der Waals surface area contributed by atoms with Crippen LogP contribution < -0.4 is 9.47 Å². The second kappa shape index (κ2) is 5.93. The van der Waals surface area contributed by atoms with Crippen molar-refractivity contribution in [1.82, 2.24) is 0 Å². The third-order valence-electron chi connectivity index (χ3n) is 1.62. The van der Waals surface area contributed by atoms with Gasteiger partial charge in [0.2, 0.25) is 0 Å². The molecule has 0 aliphatic heterocycles. The fourth-order valence-electron chi connectivity index (χ4n) is 0.977. The Morgan fingerprint density at radius 1 is 1.14 bits per heavy atom. The van der Waals surface area contributed by atoms with Crippen molar-refractivity contribution in [3.8, 4) is 23.8 Å². The number of hydrogen-bond acceptors (Lipinski definition) is 2. The van der Waals surface area contributed by atoms with Crippen molar-refractivity contribution in [2.24, 2.45) is 0 Å². The molecule has 0 aliphatic rings. The predicted molar refractivity (Wildman–Crippen MR) is 56.6 cm³/mol.